The molecule has 2 aliphatic carbocycles. The third kappa shape index (κ3) is 2.79. The van der Waals surface area contributed by atoms with Gasteiger partial charge in [-0.1, -0.05) is 48.6 Å². The molecule has 2 unspecified atom stereocenters. The lowest BCUT2D eigenvalue weighted by Crippen LogP contribution is -2.50. The number of carboxylic acid groups (broad SMARTS) is 1. The van der Waals surface area contributed by atoms with Crippen molar-refractivity contribution in [3.63, 3.8) is 0 Å². The van der Waals surface area contributed by atoms with Gasteiger partial charge < -0.3 is 14.6 Å². The standard InChI is InChI=1S/C24H24O4/c25-22(26)19-7-9-21-18(14-19)6-8-20-16-24(27-12-13-28-24)11-10-23(20,21)15-17-4-2-1-3-5-17/h1-9,14,20H,10-13,15-16H2,(H,25,26). The lowest BCUT2D eigenvalue weighted by atomic mass is 9.56. The van der Waals surface area contributed by atoms with Gasteiger partial charge in [0.25, 0.3) is 0 Å². The van der Waals surface area contributed by atoms with Gasteiger partial charge in [0.05, 0.1) is 18.8 Å². The Morgan fingerprint density at radius 3 is 2.61 bits per heavy atom. The molecule has 2 atom stereocenters. The summed E-state index contributed by atoms with van der Waals surface area (Å²) < 4.78 is 12.1. The normalized spacial score (nSPS) is 27.4. The molecule has 144 valence electrons. The van der Waals surface area contributed by atoms with Crippen LogP contribution in [0.3, 0.4) is 0 Å². The van der Waals surface area contributed by atoms with Gasteiger partial charge in [-0.05, 0) is 47.6 Å². The Labute approximate surface area is 164 Å². The van der Waals surface area contributed by atoms with E-state index in [1.165, 1.54) is 11.1 Å². The first-order valence-corrected chi connectivity index (χ1v) is 9.98. The summed E-state index contributed by atoms with van der Waals surface area (Å²) in [6.07, 6.45) is 7.93. The van der Waals surface area contributed by atoms with E-state index in [0.717, 1.165) is 31.2 Å². The van der Waals surface area contributed by atoms with Crippen LogP contribution in [-0.4, -0.2) is 30.1 Å². The lowest BCUT2D eigenvalue weighted by molar-refractivity contribution is -0.194. The summed E-state index contributed by atoms with van der Waals surface area (Å²) in [4.78, 5) is 11.5. The van der Waals surface area contributed by atoms with Gasteiger partial charge in [-0.3, -0.25) is 0 Å². The van der Waals surface area contributed by atoms with E-state index in [-0.39, 0.29) is 5.41 Å². The second-order valence-corrected chi connectivity index (χ2v) is 8.20. The van der Waals surface area contributed by atoms with Crippen LogP contribution < -0.4 is 0 Å². The molecule has 2 aromatic rings. The fraction of sp³-hybridized carbons (Fsp3) is 0.375. The molecule has 4 heteroatoms. The number of hydrogen-bond donors (Lipinski definition) is 1. The molecule has 1 spiro atoms. The van der Waals surface area contributed by atoms with Crippen molar-refractivity contribution in [1.29, 1.82) is 0 Å². The highest BCUT2D eigenvalue weighted by Gasteiger charge is 2.53. The van der Waals surface area contributed by atoms with Gasteiger partial charge >= 0.3 is 5.97 Å². The molecule has 0 amide bonds. The largest absolute Gasteiger partial charge is 0.478 e. The van der Waals surface area contributed by atoms with Crippen molar-refractivity contribution < 1.29 is 19.4 Å². The third-order valence-corrected chi connectivity index (χ3v) is 6.71. The van der Waals surface area contributed by atoms with E-state index in [1.807, 2.05) is 18.2 Å². The fourth-order valence-electron chi connectivity index (χ4n) is 5.36. The smallest absolute Gasteiger partial charge is 0.335 e. The van der Waals surface area contributed by atoms with Gasteiger partial charge in [-0.15, -0.1) is 0 Å². The predicted octanol–water partition coefficient (Wildman–Crippen LogP) is 4.44. The quantitative estimate of drug-likeness (QED) is 0.861. The van der Waals surface area contributed by atoms with E-state index < -0.39 is 11.8 Å². The minimum atomic E-state index is -0.884. The van der Waals surface area contributed by atoms with Crippen LogP contribution in [0.1, 0.15) is 46.3 Å². The molecule has 1 N–H and O–H groups in total. The Morgan fingerprint density at radius 2 is 1.86 bits per heavy atom. The topological polar surface area (TPSA) is 55.8 Å². The maximum atomic E-state index is 11.5. The zero-order chi connectivity index (χ0) is 19.2. The van der Waals surface area contributed by atoms with E-state index in [0.29, 0.717) is 24.7 Å². The van der Waals surface area contributed by atoms with Crippen molar-refractivity contribution in [2.45, 2.75) is 36.9 Å². The van der Waals surface area contributed by atoms with Crippen LogP contribution in [0, 0.1) is 5.92 Å². The van der Waals surface area contributed by atoms with Crippen LogP contribution in [0.25, 0.3) is 6.08 Å². The molecule has 28 heavy (non-hydrogen) atoms. The van der Waals surface area contributed by atoms with E-state index >= 15 is 0 Å². The molecule has 2 aromatic carbocycles. The molecule has 0 radical (unpaired) electrons. The first-order chi connectivity index (χ1) is 13.6. The van der Waals surface area contributed by atoms with Crippen LogP contribution in [0.5, 0.6) is 0 Å². The second kappa shape index (κ2) is 6.57. The number of benzene rings is 2. The predicted molar refractivity (Wildman–Crippen MR) is 106 cm³/mol. The molecular formula is C24H24O4. The summed E-state index contributed by atoms with van der Waals surface area (Å²) in [5.41, 5.74) is 3.85. The maximum absolute atomic E-state index is 11.5. The van der Waals surface area contributed by atoms with Gasteiger partial charge in [0.15, 0.2) is 5.79 Å². The summed E-state index contributed by atoms with van der Waals surface area (Å²) in [7, 11) is 0. The van der Waals surface area contributed by atoms with Gasteiger partial charge in [0, 0.05) is 18.3 Å². The first-order valence-electron chi connectivity index (χ1n) is 9.98. The van der Waals surface area contributed by atoms with E-state index in [4.69, 9.17) is 9.47 Å². The van der Waals surface area contributed by atoms with Crippen molar-refractivity contribution in [3.05, 3.63) is 76.9 Å². The van der Waals surface area contributed by atoms with Crippen LogP contribution in [-0.2, 0) is 21.3 Å². The van der Waals surface area contributed by atoms with Crippen molar-refractivity contribution in [3.8, 4) is 0 Å². The third-order valence-electron chi connectivity index (χ3n) is 6.71. The molecule has 0 bridgehead atoms. The van der Waals surface area contributed by atoms with Crippen molar-refractivity contribution in [2.75, 3.05) is 13.2 Å². The zero-order valence-electron chi connectivity index (χ0n) is 15.8. The van der Waals surface area contributed by atoms with Crippen LogP contribution in [0.4, 0.5) is 0 Å². The number of carboxylic acids is 1. The van der Waals surface area contributed by atoms with Crippen molar-refractivity contribution in [1.82, 2.24) is 0 Å². The molecule has 3 aliphatic rings. The van der Waals surface area contributed by atoms with E-state index in [2.05, 4.69) is 36.4 Å². The highest BCUT2D eigenvalue weighted by Crippen LogP contribution is 2.54. The highest BCUT2D eigenvalue weighted by atomic mass is 16.7. The molecular weight excluding hydrogens is 352 g/mol. The first kappa shape index (κ1) is 17.7. The second-order valence-electron chi connectivity index (χ2n) is 8.20. The zero-order valence-corrected chi connectivity index (χ0v) is 15.8. The molecule has 0 aromatic heterocycles. The fourth-order valence-corrected chi connectivity index (χ4v) is 5.36. The number of hydrogen-bond acceptors (Lipinski definition) is 3. The number of carbonyl (C=O) groups is 1. The van der Waals surface area contributed by atoms with Crippen LogP contribution >= 0.6 is 0 Å². The number of fused-ring (bicyclic) bond motifs is 3. The van der Waals surface area contributed by atoms with E-state index in [9.17, 15) is 9.90 Å². The van der Waals surface area contributed by atoms with Gasteiger partial charge in [-0.2, -0.15) is 0 Å². The van der Waals surface area contributed by atoms with Crippen molar-refractivity contribution in [2.24, 2.45) is 5.92 Å². The van der Waals surface area contributed by atoms with Gasteiger partial charge in [0.1, 0.15) is 0 Å². The van der Waals surface area contributed by atoms with Crippen LogP contribution in [0.15, 0.2) is 54.6 Å². The summed E-state index contributed by atoms with van der Waals surface area (Å²) in [6.45, 7) is 1.33. The summed E-state index contributed by atoms with van der Waals surface area (Å²) in [5, 5.41) is 9.40. The molecule has 1 saturated carbocycles. The Balaban J connectivity index is 1.60. The molecule has 4 nitrogen and oxygen atoms in total. The molecule has 1 aliphatic heterocycles. The molecule has 2 fully saturated rings. The highest BCUT2D eigenvalue weighted by molar-refractivity contribution is 5.89. The summed E-state index contributed by atoms with van der Waals surface area (Å²) in [6, 6.07) is 16.2. The number of aromatic carboxylic acids is 1. The summed E-state index contributed by atoms with van der Waals surface area (Å²) in [5.74, 6) is -1.04. The Morgan fingerprint density at radius 1 is 1.07 bits per heavy atom. The average molecular weight is 376 g/mol. The van der Waals surface area contributed by atoms with Gasteiger partial charge in [0.2, 0.25) is 0 Å². The van der Waals surface area contributed by atoms with Gasteiger partial charge in [-0.25, -0.2) is 4.79 Å². The molecule has 5 rings (SSSR count). The lowest BCUT2D eigenvalue weighted by Gasteiger charge is -2.51. The monoisotopic (exact) mass is 376 g/mol. The minimum Gasteiger partial charge on any atom is -0.478 e. The number of allylic oxidation sites excluding steroid dienone is 1. The Hall–Kier alpha value is -2.43. The SMILES string of the molecule is O=C(O)c1ccc2c(c1)C=CC1CC3(CCC21Cc1ccccc1)OCCO3. The number of ether oxygens (including phenoxy) is 2. The molecule has 1 saturated heterocycles. The Kier molecular flexibility index (Phi) is 4.14. The molecule has 1 heterocycles. The average Bonchev–Trinajstić information content (AvgIpc) is 3.17. The maximum Gasteiger partial charge on any atom is 0.335 e. The Bertz CT molecular complexity index is 927. The number of rotatable bonds is 3. The summed E-state index contributed by atoms with van der Waals surface area (Å²) >= 11 is 0. The van der Waals surface area contributed by atoms with E-state index in [1.54, 1.807) is 6.07 Å². The minimum absolute atomic E-state index is 0.0664. The van der Waals surface area contributed by atoms with Crippen molar-refractivity contribution >= 4 is 12.0 Å². The van der Waals surface area contributed by atoms with Crippen LogP contribution in [0.2, 0.25) is 0 Å².